The summed E-state index contributed by atoms with van der Waals surface area (Å²) in [5.74, 6) is 0.899. The summed E-state index contributed by atoms with van der Waals surface area (Å²) >= 11 is 4.84. The molecule has 1 heterocycles. The number of nitrogens with two attached hydrogens (primary N) is 1. The predicted octanol–water partition coefficient (Wildman–Crippen LogP) is 0.785. The lowest BCUT2D eigenvalue weighted by atomic mass is 10.2. The van der Waals surface area contributed by atoms with Crippen LogP contribution in [0.2, 0.25) is 0 Å². The van der Waals surface area contributed by atoms with Gasteiger partial charge in [0.1, 0.15) is 0 Å². The van der Waals surface area contributed by atoms with Crippen molar-refractivity contribution in [3.05, 3.63) is 0 Å². The van der Waals surface area contributed by atoms with Gasteiger partial charge in [-0.3, -0.25) is 4.79 Å². The van der Waals surface area contributed by atoms with Crippen molar-refractivity contribution >= 4 is 23.1 Å². The van der Waals surface area contributed by atoms with Gasteiger partial charge in [-0.2, -0.15) is 0 Å². The topological polar surface area (TPSA) is 52.8 Å². The maximum Gasteiger partial charge on any atom is 0.223 e. The van der Waals surface area contributed by atoms with E-state index in [0.717, 1.165) is 38.6 Å². The number of carbonyl (C=O) groups is 1. The Morgan fingerprint density at radius 3 is 2.29 bits per heavy atom. The highest BCUT2D eigenvalue weighted by Gasteiger charge is 2.18. The van der Waals surface area contributed by atoms with E-state index in [9.17, 15) is 4.79 Å². The Bertz CT molecular complexity index is 341. The molecule has 0 aromatic heterocycles. The highest BCUT2D eigenvalue weighted by Crippen LogP contribution is 2.06. The molecule has 0 saturated carbocycles. The van der Waals surface area contributed by atoms with Crippen LogP contribution in [0.15, 0.2) is 0 Å². The summed E-state index contributed by atoms with van der Waals surface area (Å²) < 4.78 is 0. The van der Waals surface area contributed by atoms with E-state index in [1.54, 1.807) is 4.90 Å². The summed E-state index contributed by atoms with van der Waals surface area (Å²) in [7, 11) is 1.82. The molecule has 1 amide bonds. The quantitative estimate of drug-likeness (QED) is 0.671. The first-order valence-electron chi connectivity index (χ1n) is 7.85. The van der Waals surface area contributed by atoms with Crippen molar-refractivity contribution in [2.75, 3.05) is 52.9 Å². The first kappa shape index (κ1) is 18.3. The van der Waals surface area contributed by atoms with Gasteiger partial charge in [-0.05, 0) is 5.92 Å². The monoisotopic (exact) mass is 314 g/mol. The Morgan fingerprint density at radius 2 is 1.76 bits per heavy atom. The molecule has 1 aliphatic rings. The normalized spacial score (nSPS) is 17.1. The van der Waals surface area contributed by atoms with Crippen LogP contribution < -0.4 is 5.73 Å². The van der Waals surface area contributed by atoms with Gasteiger partial charge < -0.3 is 20.4 Å². The average Bonchev–Trinajstić information content (AvgIpc) is 2.43. The van der Waals surface area contributed by atoms with Crippen molar-refractivity contribution in [3.63, 3.8) is 0 Å². The van der Waals surface area contributed by atoms with Crippen LogP contribution >= 0.6 is 12.2 Å². The minimum Gasteiger partial charge on any atom is -0.393 e. The summed E-state index contributed by atoms with van der Waals surface area (Å²) in [6.45, 7) is 11.5. The molecular formula is C15H30N4OS. The highest BCUT2D eigenvalue weighted by molar-refractivity contribution is 7.80. The number of hydrogen-bond acceptors (Lipinski definition) is 4. The van der Waals surface area contributed by atoms with E-state index in [4.69, 9.17) is 18.0 Å². The van der Waals surface area contributed by atoms with Crippen LogP contribution in [0.3, 0.4) is 0 Å². The van der Waals surface area contributed by atoms with Crippen LogP contribution in [0.4, 0.5) is 0 Å². The minimum absolute atomic E-state index is 0.177. The van der Waals surface area contributed by atoms with Gasteiger partial charge in [0.15, 0.2) is 0 Å². The standard InChI is InChI=1S/C15H30N4OS/c1-13(2)12-19-10-8-18(9-11-19)7-5-15(20)17(3)6-4-14(16)21/h13H,4-12H2,1-3H3,(H2,16,21). The van der Waals surface area contributed by atoms with Crippen LogP contribution in [0.25, 0.3) is 0 Å². The Morgan fingerprint density at radius 1 is 1.19 bits per heavy atom. The van der Waals surface area contributed by atoms with E-state index < -0.39 is 0 Å². The average molecular weight is 314 g/mol. The van der Waals surface area contributed by atoms with E-state index in [2.05, 4.69) is 23.6 Å². The number of hydrogen-bond donors (Lipinski definition) is 1. The van der Waals surface area contributed by atoms with Crippen LogP contribution in [0, 0.1) is 5.92 Å². The molecule has 0 aromatic rings. The van der Waals surface area contributed by atoms with Gasteiger partial charge in [0.2, 0.25) is 5.91 Å². The zero-order valence-electron chi connectivity index (χ0n) is 13.7. The Hall–Kier alpha value is -0.720. The first-order valence-corrected chi connectivity index (χ1v) is 8.26. The molecule has 0 unspecified atom stereocenters. The first-order chi connectivity index (χ1) is 9.88. The lowest BCUT2D eigenvalue weighted by Gasteiger charge is -2.35. The second kappa shape index (κ2) is 9.33. The maximum absolute atomic E-state index is 12.0. The molecule has 0 spiro atoms. The number of thiocarbonyl (C=S) groups is 1. The third-order valence-electron chi connectivity index (χ3n) is 3.85. The second-order valence-corrected chi connectivity index (χ2v) is 6.84. The molecule has 1 rings (SSSR count). The van der Waals surface area contributed by atoms with Crippen molar-refractivity contribution in [1.29, 1.82) is 0 Å². The fourth-order valence-corrected chi connectivity index (χ4v) is 2.65. The predicted molar refractivity (Wildman–Crippen MR) is 91.4 cm³/mol. The summed E-state index contributed by atoms with van der Waals surface area (Å²) in [5, 5.41) is 0. The number of rotatable bonds is 8. The van der Waals surface area contributed by atoms with Gasteiger partial charge in [-0.1, -0.05) is 26.1 Å². The summed E-state index contributed by atoms with van der Waals surface area (Å²) in [6.07, 6.45) is 1.18. The summed E-state index contributed by atoms with van der Waals surface area (Å²) in [5.41, 5.74) is 5.46. The number of piperazine rings is 1. The number of amides is 1. The Labute approximate surface area is 134 Å². The molecule has 1 fully saturated rings. The number of carbonyl (C=O) groups excluding carboxylic acids is 1. The molecule has 0 aliphatic carbocycles. The van der Waals surface area contributed by atoms with Crippen LogP contribution in [0.1, 0.15) is 26.7 Å². The maximum atomic E-state index is 12.0. The Balaban J connectivity index is 2.18. The van der Waals surface area contributed by atoms with Crippen molar-refractivity contribution < 1.29 is 4.79 Å². The van der Waals surface area contributed by atoms with E-state index in [1.807, 2.05) is 7.05 Å². The molecule has 21 heavy (non-hydrogen) atoms. The SMILES string of the molecule is CC(C)CN1CCN(CCC(=O)N(C)CCC(N)=S)CC1. The molecule has 6 heteroatoms. The number of nitrogens with zero attached hydrogens (tertiary/aromatic N) is 3. The molecular weight excluding hydrogens is 284 g/mol. The molecule has 0 bridgehead atoms. The third kappa shape index (κ3) is 7.74. The Kier molecular flexibility index (Phi) is 8.14. The molecule has 122 valence electrons. The van der Waals surface area contributed by atoms with Crippen LogP contribution in [-0.4, -0.2) is 78.5 Å². The molecule has 0 atom stereocenters. The molecule has 2 N–H and O–H groups in total. The lowest BCUT2D eigenvalue weighted by molar-refractivity contribution is -0.130. The molecule has 1 aliphatic heterocycles. The fourth-order valence-electron chi connectivity index (χ4n) is 2.56. The zero-order valence-corrected chi connectivity index (χ0v) is 14.5. The van der Waals surface area contributed by atoms with Crippen molar-refractivity contribution in [3.8, 4) is 0 Å². The molecule has 0 radical (unpaired) electrons. The highest BCUT2D eigenvalue weighted by atomic mass is 32.1. The molecule has 5 nitrogen and oxygen atoms in total. The van der Waals surface area contributed by atoms with E-state index in [-0.39, 0.29) is 5.91 Å². The smallest absolute Gasteiger partial charge is 0.223 e. The van der Waals surface area contributed by atoms with Crippen molar-refractivity contribution in [2.45, 2.75) is 26.7 Å². The largest absolute Gasteiger partial charge is 0.393 e. The van der Waals surface area contributed by atoms with Crippen molar-refractivity contribution in [2.24, 2.45) is 11.7 Å². The van der Waals surface area contributed by atoms with Gasteiger partial charge in [0.25, 0.3) is 0 Å². The van der Waals surface area contributed by atoms with E-state index >= 15 is 0 Å². The van der Waals surface area contributed by atoms with Crippen LogP contribution in [0.5, 0.6) is 0 Å². The van der Waals surface area contributed by atoms with Gasteiger partial charge in [-0.15, -0.1) is 0 Å². The zero-order chi connectivity index (χ0) is 15.8. The van der Waals surface area contributed by atoms with Crippen molar-refractivity contribution in [1.82, 2.24) is 14.7 Å². The summed E-state index contributed by atoms with van der Waals surface area (Å²) in [6, 6.07) is 0. The van der Waals surface area contributed by atoms with Gasteiger partial charge in [0.05, 0.1) is 4.99 Å². The molecule has 1 saturated heterocycles. The third-order valence-corrected chi connectivity index (χ3v) is 4.05. The minimum atomic E-state index is 0.177. The lowest BCUT2D eigenvalue weighted by Crippen LogP contribution is -2.48. The second-order valence-electron chi connectivity index (χ2n) is 6.32. The summed E-state index contributed by atoms with van der Waals surface area (Å²) in [4.78, 5) is 19.1. The van der Waals surface area contributed by atoms with E-state index in [0.29, 0.717) is 24.4 Å². The molecule has 0 aromatic carbocycles. The van der Waals surface area contributed by atoms with Gasteiger partial charge in [0, 0.05) is 65.7 Å². The van der Waals surface area contributed by atoms with Crippen LogP contribution in [-0.2, 0) is 4.79 Å². The van der Waals surface area contributed by atoms with Gasteiger partial charge in [-0.25, -0.2) is 0 Å². The van der Waals surface area contributed by atoms with Gasteiger partial charge >= 0.3 is 0 Å². The van der Waals surface area contributed by atoms with E-state index in [1.165, 1.54) is 6.54 Å². The fraction of sp³-hybridized carbons (Fsp3) is 0.867.